The highest BCUT2D eigenvalue weighted by molar-refractivity contribution is 6.29. The maximum absolute atomic E-state index is 13.1. The summed E-state index contributed by atoms with van der Waals surface area (Å²) < 4.78 is 10.5. The van der Waals surface area contributed by atoms with Crippen molar-refractivity contribution in [3.8, 4) is 11.6 Å². The summed E-state index contributed by atoms with van der Waals surface area (Å²) in [6.07, 6.45) is 2.72. The number of ether oxygens (including phenoxy) is 1. The highest BCUT2D eigenvalue weighted by atomic mass is 35.5. The van der Waals surface area contributed by atoms with Crippen LogP contribution >= 0.6 is 11.6 Å². The summed E-state index contributed by atoms with van der Waals surface area (Å²) in [5.41, 5.74) is 13.6. The number of aryl methyl sites for hydroxylation is 1. The van der Waals surface area contributed by atoms with Crippen LogP contribution < -0.4 is 21.7 Å². The number of nitrogens with one attached hydrogen (secondary N) is 1. The van der Waals surface area contributed by atoms with Gasteiger partial charge in [0.2, 0.25) is 0 Å². The van der Waals surface area contributed by atoms with Gasteiger partial charge in [0.05, 0.1) is 17.9 Å². The van der Waals surface area contributed by atoms with Crippen molar-refractivity contribution in [2.45, 2.75) is 52.1 Å². The Kier molecular flexibility index (Phi) is 9.64. The van der Waals surface area contributed by atoms with Crippen LogP contribution in [0.3, 0.4) is 0 Å². The number of carbonyl (C=O) groups excluding carboxylic acids is 2. The lowest BCUT2D eigenvalue weighted by Crippen LogP contribution is -2.59. The van der Waals surface area contributed by atoms with E-state index in [1.807, 2.05) is 11.8 Å². The highest BCUT2D eigenvalue weighted by Gasteiger charge is 2.35. The highest BCUT2D eigenvalue weighted by Crippen LogP contribution is 2.30. The molecule has 1 atom stereocenters. The SMILES string of the molecule is CCOC(=O)CNc1nnc(-c2nc(C)c(N3CCN(C4CCN(C(=O)c5ccc(Cl)nc5N)CC4)[C@@H](CC)C3)nc2N)o1. The zero-order valence-corrected chi connectivity index (χ0v) is 25.9. The summed E-state index contributed by atoms with van der Waals surface area (Å²) in [6, 6.07) is 3.96. The van der Waals surface area contributed by atoms with E-state index in [0.29, 0.717) is 36.4 Å². The number of rotatable bonds is 9. The van der Waals surface area contributed by atoms with Crippen LogP contribution in [-0.4, -0.2) is 105 Å². The summed E-state index contributed by atoms with van der Waals surface area (Å²) in [5.74, 6) is 0.613. The van der Waals surface area contributed by atoms with E-state index in [1.54, 1.807) is 19.1 Å². The molecule has 5 heterocycles. The Bertz CT molecular complexity index is 1490. The fourth-order valence-electron chi connectivity index (χ4n) is 5.84. The monoisotopic (exact) mass is 627 g/mol. The number of anilines is 4. The van der Waals surface area contributed by atoms with Crippen LogP contribution in [-0.2, 0) is 9.53 Å². The number of esters is 1. The molecule has 5 N–H and O–H groups in total. The molecule has 15 nitrogen and oxygen atoms in total. The van der Waals surface area contributed by atoms with Crippen molar-refractivity contribution in [1.82, 2.24) is 34.9 Å². The van der Waals surface area contributed by atoms with Gasteiger partial charge in [0.25, 0.3) is 11.8 Å². The molecule has 3 aromatic rings. The average molecular weight is 628 g/mol. The van der Waals surface area contributed by atoms with Crippen molar-refractivity contribution in [1.29, 1.82) is 0 Å². The van der Waals surface area contributed by atoms with Gasteiger partial charge in [0, 0.05) is 44.8 Å². The lowest BCUT2D eigenvalue weighted by atomic mass is 9.97. The molecule has 0 aliphatic carbocycles. The van der Waals surface area contributed by atoms with Gasteiger partial charge in [-0.15, -0.1) is 5.10 Å². The number of nitrogens with two attached hydrogens (primary N) is 2. The maximum Gasteiger partial charge on any atom is 0.325 e. The van der Waals surface area contributed by atoms with Crippen LogP contribution in [0.1, 0.15) is 49.2 Å². The Morgan fingerprint density at radius 2 is 1.84 bits per heavy atom. The summed E-state index contributed by atoms with van der Waals surface area (Å²) in [4.78, 5) is 44.7. The maximum atomic E-state index is 13.1. The zero-order chi connectivity index (χ0) is 31.4. The molecule has 44 heavy (non-hydrogen) atoms. The first kappa shape index (κ1) is 31.2. The molecule has 0 aromatic carbocycles. The molecule has 0 radical (unpaired) electrons. The molecule has 5 rings (SSSR count). The molecule has 2 aliphatic heterocycles. The van der Waals surface area contributed by atoms with E-state index in [2.05, 4.69) is 42.2 Å². The van der Waals surface area contributed by atoms with Crippen LogP contribution in [0.5, 0.6) is 0 Å². The van der Waals surface area contributed by atoms with Crippen LogP contribution in [0.25, 0.3) is 11.6 Å². The first-order valence-corrected chi connectivity index (χ1v) is 15.2. The molecule has 0 spiro atoms. The third kappa shape index (κ3) is 6.78. The molecular weight excluding hydrogens is 590 g/mol. The minimum Gasteiger partial charge on any atom is -0.465 e. The van der Waals surface area contributed by atoms with E-state index in [4.69, 9.17) is 37.2 Å². The van der Waals surface area contributed by atoms with Crippen molar-refractivity contribution in [2.24, 2.45) is 0 Å². The topological polar surface area (TPSA) is 195 Å². The number of nitrogens with zero attached hydrogens (tertiary/aromatic N) is 8. The average Bonchev–Trinajstić information content (AvgIpc) is 3.49. The number of amides is 1. The minimum absolute atomic E-state index is 0.0548. The number of hydrogen-bond donors (Lipinski definition) is 3. The second-order valence-corrected chi connectivity index (χ2v) is 11.2. The molecule has 0 unspecified atom stereocenters. The lowest BCUT2D eigenvalue weighted by molar-refractivity contribution is -0.140. The fourth-order valence-corrected chi connectivity index (χ4v) is 5.99. The number of aromatic nitrogens is 5. The summed E-state index contributed by atoms with van der Waals surface area (Å²) in [5, 5.41) is 10.9. The normalized spacial score (nSPS) is 18.0. The van der Waals surface area contributed by atoms with Crippen LogP contribution in [0.2, 0.25) is 5.15 Å². The van der Waals surface area contributed by atoms with Crippen LogP contribution in [0.4, 0.5) is 23.5 Å². The smallest absolute Gasteiger partial charge is 0.325 e. The predicted molar refractivity (Wildman–Crippen MR) is 165 cm³/mol. The molecule has 1 amide bonds. The standard InChI is InChI=1S/C28H38ClN11O4/c1-4-17-15-39(12-13-40(17)18-8-10-38(11-9-18)27(42)19-6-7-20(29)34-23(19)30)25-16(3)33-22(24(31)35-25)26-36-37-28(44-26)32-14-21(41)43-5-2/h6-7,17-18H,4-5,8-15H2,1-3H3,(H2,30,34)(H2,31,35)(H,32,37)/t17-/m0/s1. The summed E-state index contributed by atoms with van der Waals surface area (Å²) in [7, 11) is 0. The number of likely N-dealkylation sites (tertiary alicyclic amines) is 1. The van der Waals surface area contributed by atoms with Crippen molar-refractivity contribution in [3.05, 3.63) is 28.5 Å². The Balaban J connectivity index is 1.20. The van der Waals surface area contributed by atoms with Crippen molar-refractivity contribution in [2.75, 3.05) is 67.6 Å². The number of piperidine rings is 1. The first-order chi connectivity index (χ1) is 21.2. The molecule has 0 bridgehead atoms. The van der Waals surface area contributed by atoms with Gasteiger partial charge in [-0.2, -0.15) is 0 Å². The van der Waals surface area contributed by atoms with E-state index < -0.39 is 5.97 Å². The summed E-state index contributed by atoms with van der Waals surface area (Å²) in [6.45, 7) is 9.68. The Hall–Kier alpha value is -4.24. The van der Waals surface area contributed by atoms with E-state index in [0.717, 1.165) is 44.7 Å². The van der Waals surface area contributed by atoms with Crippen LogP contribution in [0, 0.1) is 6.92 Å². The van der Waals surface area contributed by atoms with Crippen LogP contribution in [0.15, 0.2) is 16.5 Å². The molecule has 0 saturated carbocycles. The van der Waals surface area contributed by atoms with Crippen molar-refractivity contribution < 1.29 is 18.7 Å². The minimum atomic E-state index is -0.435. The summed E-state index contributed by atoms with van der Waals surface area (Å²) >= 11 is 5.90. The number of pyridine rings is 1. The Labute approximate surface area is 260 Å². The Morgan fingerprint density at radius 1 is 1.07 bits per heavy atom. The van der Waals surface area contributed by atoms with E-state index in [9.17, 15) is 9.59 Å². The van der Waals surface area contributed by atoms with E-state index in [-0.39, 0.29) is 53.4 Å². The van der Waals surface area contributed by atoms with Gasteiger partial charge in [0.1, 0.15) is 17.5 Å². The number of hydrogen-bond acceptors (Lipinski definition) is 14. The number of carbonyl (C=O) groups is 2. The number of piperazine rings is 1. The molecular formula is C28H38ClN11O4. The number of halogens is 1. The van der Waals surface area contributed by atoms with Gasteiger partial charge in [0.15, 0.2) is 17.3 Å². The predicted octanol–water partition coefficient (Wildman–Crippen LogP) is 2.23. The molecule has 16 heteroatoms. The van der Waals surface area contributed by atoms with Gasteiger partial charge in [-0.1, -0.05) is 23.6 Å². The second kappa shape index (κ2) is 13.6. The fraction of sp³-hybridized carbons (Fsp3) is 0.536. The van der Waals surface area contributed by atoms with E-state index >= 15 is 0 Å². The van der Waals surface area contributed by atoms with Gasteiger partial charge in [-0.3, -0.25) is 14.5 Å². The van der Waals surface area contributed by atoms with Crippen molar-refractivity contribution in [3.63, 3.8) is 0 Å². The molecule has 2 aliphatic rings. The van der Waals surface area contributed by atoms with Gasteiger partial charge in [-0.25, -0.2) is 15.0 Å². The molecule has 2 fully saturated rings. The second-order valence-electron chi connectivity index (χ2n) is 10.8. The zero-order valence-electron chi connectivity index (χ0n) is 25.1. The third-order valence-electron chi connectivity index (χ3n) is 8.03. The largest absolute Gasteiger partial charge is 0.465 e. The van der Waals surface area contributed by atoms with E-state index in [1.165, 1.54) is 0 Å². The van der Waals surface area contributed by atoms with Gasteiger partial charge in [-0.05, 0) is 45.2 Å². The lowest BCUT2D eigenvalue weighted by Gasteiger charge is -2.47. The quantitative estimate of drug-likeness (QED) is 0.231. The third-order valence-corrected chi connectivity index (χ3v) is 8.24. The van der Waals surface area contributed by atoms with Gasteiger partial charge < -0.3 is 35.7 Å². The first-order valence-electron chi connectivity index (χ1n) is 14.8. The molecule has 3 aromatic heterocycles. The number of nitrogen functional groups attached to an aromatic ring is 2. The Morgan fingerprint density at radius 3 is 2.55 bits per heavy atom. The van der Waals surface area contributed by atoms with Crippen molar-refractivity contribution >= 4 is 46.9 Å². The molecule has 236 valence electrons. The van der Waals surface area contributed by atoms with Gasteiger partial charge >= 0.3 is 12.0 Å². The molecule has 2 saturated heterocycles.